The first kappa shape index (κ1) is 14.0. The number of amides is 1. The third kappa shape index (κ3) is 3.51. The van der Waals surface area contributed by atoms with Gasteiger partial charge in [0.15, 0.2) is 5.82 Å². The van der Waals surface area contributed by atoms with E-state index in [2.05, 4.69) is 32.6 Å². The van der Waals surface area contributed by atoms with Crippen LogP contribution in [0, 0.1) is 0 Å². The molecule has 2 rings (SSSR count). The van der Waals surface area contributed by atoms with E-state index < -0.39 is 0 Å². The van der Waals surface area contributed by atoms with Gasteiger partial charge in [0.2, 0.25) is 11.8 Å². The Balaban J connectivity index is 2.00. The van der Waals surface area contributed by atoms with Crippen LogP contribution in [-0.2, 0) is 17.8 Å². The van der Waals surface area contributed by atoms with Crippen molar-refractivity contribution in [2.75, 3.05) is 26.7 Å². The smallest absolute Gasteiger partial charge is 0.240 e. The number of hydrogen-bond donors (Lipinski definition) is 2. The number of nitrogens with zero attached hydrogens (tertiary/aromatic N) is 3. The van der Waals surface area contributed by atoms with Crippen LogP contribution in [0.1, 0.15) is 25.1 Å². The summed E-state index contributed by atoms with van der Waals surface area (Å²) in [5.74, 6) is 1.34. The zero-order valence-corrected chi connectivity index (χ0v) is 11.5. The maximum atomic E-state index is 11.8. The van der Waals surface area contributed by atoms with Crippen LogP contribution in [0.3, 0.4) is 0 Å². The van der Waals surface area contributed by atoms with E-state index in [1.165, 1.54) is 0 Å². The summed E-state index contributed by atoms with van der Waals surface area (Å²) in [6.45, 7) is 4.91. The Bertz CT molecular complexity index is 420. The van der Waals surface area contributed by atoms with Crippen LogP contribution in [0.25, 0.3) is 0 Å². The number of rotatable bonds is 5. The molecule has 7 heteroatoms. The van der Waals surface area contributed by atoms with E-state index in [-0.39, 0.29) is 11.9 Å². The third-order valence-electron chi connectivity index (χ3n) is 3.23. The predicted octanol–water partition coefficient (Wildman–Crippen LogP) is -0.458. The standard InChI is InChI=1S/C12H21N5O2/c1-3-4-10-15-11(19-16-10)8-17-6-5-14-7-9(17)12(18)13-2/h9,14H,3-8H2,1-2H3,(H,13,18). The minimum Gasteiger partial charge on any atom is -0.358 e. The molecule has 1 aliphatic rings. The molecular formula is C12H21N5O2. The van der Waals surface area contributed by atoms with Gasteiger partial charge >= 0.3 is 0 Å². The van der Waals surface area contributed by atoms with Gasteiger partial charge in [-0.1, -0.05) is 12.1 Å². The number of likely N-dealkylation sites (N-methyl/N-ethyl adjacent to an activating group) is 1. The van der Waals surface area contributed by atoms with Crippen LogP contribution < -0.4 is 10.6 Å². The lowest BCUT2D eigenvalue weighted by Gasteiger charge is -2.33. The summed E-state index contributed by atoms with van der Waals surface area (Å²) in [7, 11) is 1.65. The maximum Gasteiger partial charge on any atom is 0.240 e. The summed E-state index contributed by atoms with van der Waals surface area (Å²) < 4.78 is 5.23. The summed E-state index contributed by atoms with van der Waals surface area (Å²) in [5, 5.41) is 9.84. The van der Waals surface area contributed by atoms with E-state index in [4.69, 9.17) is 4.52 Å². The topological polar surface area (TPSA) is 83.3 Å². The fourth-order valence-electron chi connectivity index (χ4n) is 2.21. The predicted molar refractivity (Wildman–Crippen MR) is 69.4 cm³/mol. The fourth-order valence-corrected chi connectivity index (χ4v) is 2.21. The fraction of sp³-hybridized carbons (Fsp3) is 0.750. The minimum atomic E-state index is -0.180. The highest BCUT2D eigenvalue weighted by molar-refractivity contribution is 5.81. The van der Waals surface area contributed by atoms with E-state index in [0.717, 1.165) is 31.8 Å². The molecule has 1 atom stereocenters. The van der Waals surface area contributed by atoms with Gasteiger partial charge < -0.3 is 15.2 Å². The first-order valence-corrected chi connectivity index (χ1v) is 6.72. The van der Waals surface area contributed by atoms with Gasteiger partial charge in [-0.3, -0.25) is 9.69 Å². The number of hydrogen-bond acceptors (Lipinski definition) is 6. The largest absolute Gasteiger partial charge is 0.358 e. The zero-order chi connectivity index (χ0) is 13.7. The SMILES string of the molecule is CCCc1noc(CN2CCNCC2C(=O)NC)n1. The number of nitrogens with one attached hydrogen (secondary N) is 2. The lowest BCUT2D eigenvalue weighted by molar-refractivity contribution is -0.126. The highest BCUT2D eigenvalue weighted by atomic mass is 16.5. The molecule has 0 spiro atoms. The van der Waals surface area contributed by atoms with Crippen molar-refractivity contribution in [3.63, 3.8) is 0 Å². The van der Waals surface area contributed by atoms with Crippen molar-refractivity contribution in [2.45, 2.75) is 32.4 Å². The van der Waals surface area contributed by atoms with Crippen molar-refractivity contribution in [1.82, 2.24) is 25.7 Å². The van der Waals surface area contributed by atoms with E-state index in [9.17, 15) is 4.79 Å². The molecule has 0 radical (unpaired) electrons. The molecular weight excluding hydrogens is 246 g/mol. The van der Waals surface area contributed by atoms with E-state index >= 15 is 0 Å². The van der Waals surface area contributed by atoms with Crippen molar-refractivity contribution < 1.29 is 9.32 Å². The molecule has 2 N–H and O–H groups in total. The number of piperazine rings is 1. The van der Waals surface area contributed by atoms with Crippen LogP contribution in [0.2, 0.25) is 0 Å². The third-order valence-corrected chi connectivity index (χ3v) is 3.23. The van der Waals surface area contributed by atoms with Gasteiger partial charge in [0, 0.05) is 33.1 Å². The minimum absolute atomic E-state index is 0.0143. The summed E-state index contributed by atoms with van der Waals surface area (Å²) in [4.78, 5) is 18.2. The van der Waals surface area contributed by atoms with Crippen LogP contribution in [-0.4, -0.2) is 53.7 Å². The summed E-state index contributed by atoms with van der Waals surface area (Å²) in [6.07, 6.45) is 1.82. The van der Waals surface area contributed by atoms with Crippen LogP contribution in [0.5, 0.6) is 0 Å². The average molecular weight is 267 g/mol. The molecule has 106 valence electrons. The Hall–Kier alpha value is -1.47. The van der Waals surface area contributed by atoms with E-state index in [1.54, 1.807) is 7.05 Å². The molecule has 0 aromatic carbocycles. The van der Waals surface area contributed by atoms with Gasteiger partial charge in [-0.15, -0.1) is 0 Å². The molecule has 0 bridgehead atoms. The van der Waals surface area contributed by atoms with Gasteiger partial charge in [-0.25, -0.2) is 0 Å². The molecule has 7 nitrogen and oxygen atoms in total. The Morgan fingerprint density at radius 3 is 3.21 bits per heavy atom. The summed E-state index contributed by atoms with van der Waals surface area (Å²) in [6, 6.07) is -0.180. The molecule has 1 aliphatic heterocycles. The highest BCUT2D eigenvalue weighted by Crippen LogP contribution is 2.10. The summed E-state index contributed by atoms with van der Waals surface area (Å²) >= 11 is 0. The highest BCUT2D eigenvalue weighted by Gasteiger charge is 2.29. The Labute approximate surface area is 112 Å². The van der Waals surface area contributed by atoms with Gasteiger partial charge in [0.25, 0.3) is 0 Å². The van der Waals surface area contributed by atoms with E-state index in [1.807, 2.05) is 0 Å². The average Bonchev–Trinajstić information content (AvgIpc) is 2.86. The number of aromatic nitrogens is 2. The number of aryl methyl sites for hydroxylation is 1. The van der Waals surface area contributed by atoms with Crippen LogP contribution in [0.15, 0.2) is 4.52 Å². The van der Waals surface area contributed by atoms with Crippen molar-refractivity contribution in [3.8, 4) is 0 Å². The van der Waals surface area contributed by atoms with E-state index in [0.29, 0.717) is 19.0 Å². The molecule has 0 aliphatic carbocycles. The number of carbonyl (C=O) groups is 1. The first-order valence-electron chi connectivity index (χ1n) is 6.72. The van der Waals surface area contributed by atoms with Crippen molar-refractivity contribution in [1.29, 1.82) is 0 Å². The molecule has 19 heavy (non-hydrogen) atoms. The molecule has 1 aromatic rings. The van der Waals surface area contributed by atoms with Crippen molar-refractivity contribution in [2.24, 2.45) is 0 Å². The molecule has 1 fully saturated rings. The molecule has 2 heterocycles. The van der Waals surface area contributed by atoms with Gasteiger partial charge in [-0.05, 0) is 6.42 Å². The van der Waals surface area contributed by atoms with Crippen molar-refractivity contribution in [3.05, 3.63) is 11.7 Å². The Kier molecular flexibility index (Phi) is 4.86. The Morgan fingerprint density at radius 1 is 1.63 bits per heavy atom. The molecule has 1 amide bonds. The normalized spacial score (nSPS) is 20.4. The number of carbonyl (C=O) groups excluding carboxylic acids is 1. The second-order valence-electron chi connectivity index (χ2n) is 4.66. The monoisotopic (exact) mass is 267 g/mol. The summed E-state index contributed by atoms with van der Waals surface area (Å²) in [5.41, 5.74) is 0. The second-order valence-corrected chi connectivity index (χ2v) is 4.66. The first-order chi connectivity index (χ1) is 9.24. The van der Waals surface area contributed by atoms with Gasteiger partial charge in [-0.2, -0.15) is 4.98 Å². The zero-order valence-electron chi connectivity index (χ0n) is 11.5. The lowest BCUT2D eigenvalue weighted by atomic mass is 10.2. The van der Waals surface area contributed by atoms with Crippen LogP contribution >= 0.6 is 0 Å². The van der Waals surface area contributed by atoms with Gasteiger partial charge in [0.05, 0.1) is 6.54 Å². The van der Waals surface area contributed by atoms with Crippen LogP contribution in [0.4, 0.5) is 0 Å². The van der Waals surface area contributed by atoms with Gasteiger partial charge in [0.1, 0.15) is 6.04 Å². The molecule has 0 saturated carbocycles. The maximum absolute atomic E-state index is 11.8. The molecule has 1 aromatic heterocycles. The van der Waals surface area contributed by atoms with Crippen molar-refractivity contribution >= 4 is 5.91 Å². The second kappa shape index (κ2) is 6.63. The Morgan fingerprint density at radius 2 is 2.47 bits per heavy atom. The lowest BCUT2D eigenvalue weighted by Crippen LogP contribution is -2.56. The quantitative estimate of drug-likeness (QED) is 0.751. The molecule has 1 unspecified atom stereocenters. The molecule has 1 saturated heterocycles.